The molecule has 2 amide bonds. The predicted octanol–water partition coefficient (Wildman–Crippen LogP) is 3.38. The molecule has 0 saturated carbocycles. The van der Waals surface area contributed by atoms with Gasteiger partial charge in [0.2, 0.25) is 5.91 Å². The van der Waals surface area contributed by atoms with E-state index in [4.69, 9.17) is 4.74 Å². The quantitative estimate of drug-likeness (QED) is 0.643. The Morgan fingerprint density at radius 3 is 2.45 bits per heavy atom. The van der Waals surface area contributed by atoms with Crippen molar-refractivity contribution in [3.63, 3.8) is 0 Å². The fourth-order valence-electron chi connectivity index (χ4n) is 3.41. The van der Waals surface area contributed by atoms with Gasteiger partial charge in [-0.15, -0.1) is 0 Å². The van der Waals surface area contributed by atoms with Crippen LogP contribution in [0.4, 0.5) is 4.79 Å². The van der Waals surface area contributed by atoms with Gasteiger partial charge in [0.1, 0.15) is 11.3 Å². The lowest BCUT2D eigenvalue weighted by molar-refractivity contribution is -0.124. The summed E-state index contributed by atoms with van der Waals surface area (Å²) in [7, 11) is 1.58. The van der Waals surface area contributed by atoms with Crippen LogP contribution in [-0.2, 0) is 22.6 Å². The van der Waals surface area contributed by atoms with Crippen LogP contribution in [0.5, 0.6) is 0 Å². The summed E-state index contributed by atoms with van der Waals surface area (Å²) in [5, 5.41) is 2.64. The first-order valence-corrected chi connectivity index (χ1v) is 10.7. The summed E-state index contributed by atoms with van der Waals surface area (Å²) in [5.74, 6) is -0.459. The second kappa shape index (κ2) is 9.28. The van der Waals surface area contributed by atoms with E-state index in [-0.39, 0.29) is 30.6 Å². The lowest BCUT2D eigenvalue weighted by atomic mass is 9.90. The van der Waals surface area contributed by atoms with Crippen molar-refractivity contribution in [1.29, 1.82) is 0 Å². The molecule has 0 aliphatic carbocycles. The standard InChI is InChI=1S/C20H31BrN4O4/c1-12(2)9-13(17(27)22-6)10-15(26)16-14-11-24(19(28)29-20(3,4)5)7-8-25(14)18(21)23-16/h12-13H,7-11H2,1-6H3,(H,22,27)/t13-/m1/s1. The van der Waals surface area contributed by atoms with E-state index in [1.807, 2.05) is 39.2 Å². The Balaban J connectivity index is 2.22. The number of nitrogens with one attached hydrogen (secondary N) is 1. The Morgan fingerprint density at radius 2 is 1.90 bits per heavy atom. The van der Waals surface area contributed by atoms with Gasteiger partial charge in [0.05, 0.1) is 12.2 Å². The van der Waals surface area contributed by atoms with Crippen LogP contribution in [-0.4, -0.2) is 51.4 Å². The molecular weight excluding hydrogens is 440 g/mol. The van der Waals surface area contributed by atoms with Crippen molar-refractivity contribution in [3.05, 3.63) is 16.1 Å². The molecule has 1 aromatic rings. The molecule has 1 aliphatic heterocycles. The number of ketones is 1. The average molecular weight is 471 g/mol. The molecule has 0 radical (unpaired) electrons. The lowest BCUT2D eigenvalue weighted by Crippen LogP contribution is -2.41. The molecule has 162 valence electrons. The summed E-state index contributed by atoms with van der Waals surface area (Å²) >= 11 is 3.41. The molecule has 8 nitrogen and oxygen atoms in total. The number of carbonyl (C=O) groups is 3. The molecule has 0 aromatic carbocycles. The number of fused-ring (bicyclic) bond motifs is 1. The van der Waals surface area contributed by atoms with Gasteiger partial charge >= 0.3 is 6.09 Å². The second-order valence-corrected chi connectivity index (χ2v) is 9.51. The second-order valence-electron chi connectivity index (χ2n) is 8.80. The largest absolute Gasteiger partial charge is 0.444 e. The fourth-order valence-corrected chi connectivity index (χ4v) is 3.98. The van der Waals surface area contributed by atoms with Gasteiger partial charge in [0, 0.05) is 32.5 Å². The first kappa shape index (κ1) is 23.4. The van der Waals surface area contributed by atoms with E-state index in [9.17, 15) is 14.4 Å². The van der Waals surface area contributed by atoms with Gasteiger partial charge in [0.15, 0.2) is 10.5 Å². The smallest absolute Gasteiger partial charge is 0.410 e. The number of nitrogens with zero attached hydrogens (tertiary/aromatic N) is 3. The number of amides is 2. The number of ether oxygens (including phenoxy) is 1. The first-order valence-electron chi connectivity index (χ1n) is 9.90. The average Bonchev–Trinajstić information content (AvgIpc) is 2.95. The molecule has 29 heavy (non-hydrogen) atoms. The summed E-state index contributed by atoms with van der Waals surface area (Å²) in [6.07, 6.45) is 0.287. The van der Waals surface area contributed by atoms with Crippen LogP contribution in [0.1, 0.15) is 63.6 Å². The topological polar surface area (TPSA) is 93.5 Å². The van der Waals surface area contributed by atoms with Gasteiger partial charge in [-0.2, -0.15) is 0 Å². The van der Waals surface area contributed by atoms with Crippen LogP contribution >= 0.6 is 15.9 Å². The van der Waals surface area contributed by atoms with Crippen molar-refractivity contribution >= 4 is 33.7 Å². The maximum atomic E-state index is 13.0. The number of halogens is 1. The van der Waals surface area contributed by atoms with Gasteiger partial charge in [0.25, 0.3) is 0 Å². The van der Waals surface area contributed by atoms with E-state index in [2.05, 4.69) is 26.2 Å². The molecule has 0 bridgehead atoms. The minimum atomic E-state index is -0.592. The molecule has 1 aliphatic rings. The molecular formula is C20H31BrN4O4. The van der Waals surface area contributed by atoms with Gasteiger partial charge in [-0.05, 0) is 49.0 Å². The Kier molecular flexibility index (Phi) is 7.48. The van der Waals surface area contributed by atoms with Gasteiger partial charge < -0.3 is 19.5 Å². The van der Waals surface area contributed by atoms with Crippen LogP contribution in [0.2, 0.25) is 0 Å². The zero-order valence-electron chi connectivity index (χ0n) is 18.0. The SMILES string of the molecule is CNC(=O)[C@@H](CC(=O)c1nc(Br)n2c1CN(C(=O)OC(C)(C)C)CC2)CC(C)C. The highest BCUT2D eigenvalue weighted by atomic mass is 79.9. The maximum absolute atomic E-state index is 13.0. The Morgan fingerprint density at radius 1 is 1.24 bits per heavy atom. The van der Waals surface area contributed by atoms with E-state index >= 15 is 0 Å². The van der Waals surface area contributed by atoms with Crippen molar-refractivity contribution in [2.24, 2.45) is 11.8 Å². The minimum absolute atomic E-state index is 0.0841. The van der Waals surface area contributed by atoms with Gasteiger partial charge in [-0.1, -0.05) is 13.8 Å². The number of rotatable bonds is 6. The molecule has 1 atom stereocenters. The number of imidazole rings is 1. The van der Waals surface area contributed by atoms with Gasteiger partial charge in [-0.3, -0.25) is 9.59 Å². The highest BCUT2D eigenvalue weighted by molar-refractivity contribution is 9.10. The summed E-state index contributed by atoms with van der Waals surface area (Å²) in [6.45, 7) is 10.7. The highest BCUT2D eigenvalue weighted by Crippen LogP contribution is 2.27. The molecule has 2 heterocycles. The summed E-state index contributed by atoms with van der Waals surface area (Å²) < 4.78 is 7.91. The third kappa shape index (κ3) is 6.04. The van der Waals surface area contributed by atoms with E-state index in [0.717, 1.165) is 0 Å². The van der Waals surface area contributed by atoms with Crippen LogP contribution in [0.3, 0.4) is 0 Å². The van der Waals surface area contributed by atoms with Crippen molar-refractivity contribution in [3.8, 4) is 0 Å². The Bertz CT molecular complexity index is 782. The molecule has 1 N–H and O–H groups in total. The van der Waals surface area contributed by atoms with Crippen LogP contribution in [0, 0.1) is 11.8 Å². The summed E-state index contributed by atoms with van der Waals surface area (Å²) in [5.41, 5.74) is 0.382. The normalized spacial score (nSPS) is 15.1. The van der Waals surface area contributed by atoms with Crippen LogP contribution in [0.25, 0.3) is 0 Å². The van der Waals surface area contributed by atoms with Crippen LogP contribution in [0.15, 0.2) is 4.73 Å². The van der Waals surface area contributed by atoms with E-state index < -0.39 is 17.6 Å². The monoisotopic (exact) mass is 470 g/mol. The highest BCUT2D eigenvalue weighted by Gasteiger charge is 2.32. The third-order valence-electron chi connectivity index (χ3n) is 4.68. The van der Waals surface area contributed by atoms with E-state index in [1.165, 1.54) is 0 Å². The third-order valence-corrected chi connectivity index (χ3v) is 5.29. The molecule has 9 heteroatoms. The molecule has 0 spiro atoms. The Labute approximate surface area is 180 Å². The van der Waals surface area contributed by atoms with Crippen molar-refractivity contribution in [1.82, 2.24) is 19.8 Å². The molecule has 1 aromatic heterocycles. The number of Topliss-reactive ketones (excluding diaryl/α,β-unsaturated/α-hetero) is 1. The van der Waals surface area contributed by atoms with Gasteiger partial charge in [-0.25, -0.2) is 9.78 Å². The number of carbonyl (C=O) groups excluding carboxylic acids is 3. The van der Waals surface area contributed by atoms with E-state index in [0.29, 0.717) is 35.6 Å². The molecule has 0 unspecified atom stereocenters. The summed E-state index contributed by atoms with van der Waals surface area (Å²) in [4.78, 5) is 43.7. The van der Waals surface area contributed by atoms with Crippen molar-refractivity contribution < 1.29 is 19.1 Å². The number of aromatic nitrogens is 2. The zero-order chi connectivity index (χ0) is 21.9. The lowest BCUT2D eigenvalue weighted by Gasteiger charge is -2.31. The van der Waals surface area contributed by atoms with Crippen molar-refractivity contribution in [2.45, 2.75) is 66.2 Å². The molecule has 0 saturated heterocycles. The zero-order valence-corrected chi connectivity index (χ0v) is 19.6. The van der Waals surface area contributed by atoms with Crippen molar-refractivity contribution in [2.75, 3.05) is 13.6 Å². The Hall–Kier alpha value is -1.90. The van der Waals surface area contributed by atoms with Crippen LogP contribution < -0.4 is 5.32 Å². The first-order chi connectivity index (χ1) is 13.4. The number of hydrogen-bond acceptors (Lipinski definition) is 5. The van der Waals surface area contributed by atoms with E-state index in [1.54, 1.807) is 11.9 Å². The number of hydrogen-bond donors (Lipinski definition) is 1. The molecule has 2 rings (SSSR count). The fraction of sp³-hybridized carbons (Fsp3) is 0.700. The summed E-state index contributed by atoms with van der Waals surface area (Å²) in [6, 6.07) is 0. The predicted molar refractivity (Wildman–Crippen MR) is 113 cm³/mol. The maximum Gasteiger partial charge on any atom is 0.410 e. The minimum Gasteiger partial charge on any atom is -0.444 e. The molecule has 0 fully saturated rings.